The molecule has 1 aromatic rings. The van der Waals surface area contributed by atoms with E-state index in [9.17, 15) is 19.2 Å². The van der Waals surface area contributed by atoms with Crippen LogP contribution in [0.3, 0.4) is 0 Å². The second kappa shape index (κ2) is 7.21. The zero-order chi connectivity index (χ0) is 16.9. The third kappa shape index (κ3) is 3.41. The quantitative estimate of drug-likeness (QED) is 0.536. The Bertz CT molecular complexity index is 753. The maximum Gasteiger partial charge on any atom is 0.332 e. The highest BCUT2D eigenvalue weighted by Crippen LogP contribution is 2.10. The Hall–Kier alpha value is -2.89. The van der Waals surface area contributed by atoms with Crippen LogP contribution < -0.4 is 16.6 Å². The van der Waals surface area contributed by atoms with Gasteiger partial charge in [-0.15, -0.1) is 0 Å². The zero-order valence-corrected chi connectivity index (χ0v) is 12.5. The van der Waals surface area contributed by atoms with Gasteiger partial charge < -0.3 is 10.1 Å². The van der Waals surface area contributed by atoms with Crippen LogP contribution in [0.2, 0.25) is 0 Å². The van der Waals surface area contributed by atoms with Gasteiger partial charge in [-0.2, -0.15) is 5.26 Å². The molecule has 0 fully saturated rings. The molecule has 0 aromatic carbocycles. The Balaban J connectivity index is 3.38. The van der Waals surface area contributed by atoms with Gasteiger partial charge in [0, 0.05) is 14.1 Å². The van der Waals surface area contributed by atoms with Gasteiger partial charge in [-0.3, -0.25) is 23.5 Å². The van der Waals surface area contributed by atoms with Crippen LogP contribution in [0.5, 0.6) is 0 Å². The summed E-state index contributed by atoms with van der Waals surface area (Å²) in [6, 6.07) is 1.65. The molecule has 0 bridgehead atoms. The summed E-state index contributed by atoms with van der Waals surface area (Å²) in [5.41, 5.74) is -1.82. The molecule has 1 aromatic heterocycles. The van der Waals surface area contributed by atoms with Crippen LogP contribution in [0.4, 0.5) is 5.82 Å². The summed E-state index contributed by atoms with van der Waals surface area (Å²) in [4.78, 5) is 47.4. The van der Waals surface area contributed by atoms with Gasteiger partial charge in [-0.25, -0.2) is 4.79 Å². The van der Waals surface area contributed by atoms with Gasteiger partial charge in [0.15, 0.2) is 5.78 Å². The van der Waals surface area contributed by atoms with Crippen molar-refractivity contribution in [3.05, 3.63) is 26.4 Å². The minimum Gasteiger partial charge on any atom is -0.465 e. The first kappa shape index (κ1) is 17.2. The summed E-state index contributed by atoms with van der Waals surface area (Å²) in [6.07, 6.45) is -0.512. The Morgan fingerprint density at radius 3 is 2.45 bits per heavy atom. The van der Waals surface area contributed by atoms with Crippen molar-refractivity contribution in [1.82, 2.24) is 9.13 Å². The van der Waals surface area contributed by atoms with E-state index < -0.39 is 29.4 Å². The lowest BCUT2D eigenvalue weighted by Gasteiger charge is -2.15. The molecule has 9 heteroatoms. The number of Topliss-reactive ketones (excluding diaryl/α,β-unsaturated/α-hetero) is 1. The lowest BCUT2D eigenvalue weighted by atomic mass is 10.1. The minimum absolute atomic E-state index is 0.110. The molecule has 1 heterocycles. The maximum absolute atomic E-state index is 12.1. The van der Waals surface area contributed by atoms with Gasteiger partial charge in [-0.1, -0.05) is 0 Å². The average Bonchev–Trinajstić information content (AvgIpc) is 2.47. The van der Waals surface area contributed by atoms with Crippen LogP contribution in [0.15, 0.2) is 9.59 Å². The Kier molecular flexibility index (Phi) is 5.63. The van der Waals surface area contributed by atoms with Crippen molar-refractivity contribution in [2.75, 3.05) is 18.5 Å². The first-order chi connectivity index (χ1) is 10.3. The predicted molar refractivity (Wildman–Crippen MR) is 76.6 cm³/mol. The van der Waals surface area contributed by atoms with E-state index in [1.807, 2.05) is 0 Å². The fourth-order valence-corrected chi connectivity index (χ4v) is 1.83. The molecule has 1 N–H and O–H groups in total. The van der Waals surface area contributed by atoms with E-state index in [0.29, 0.717) is 0 Å². The van der Waals surface area contributed by atoms with Crippen molar-refractivity contribution in [3.63, 3.8) is 0 Å². The van der Waals surface area contributed by atoms with Crippen molar-refractivity contribution in [2.24, 2.45) is 14.1 Å². The maximum atomic E-state index is 12.1. The third-order valence-electron chi connectivity index (χ3n) is 2.89. The van der Waals surface area contributed by atoms with Crippen molar-refractivity contribution in [2.45, 2.75) is 13.3 Å². The number of nitriles is 1. The van der Waals surface area contributed by atoms with Crippen molar-refractivity contribution in [3.8, 4) is 6.07 Å². The van der Waals surface area contributed by atoms with Crippen molar-refractivity contribution < 1.29 is 14.3 Å². The molecule has 0 unspecified atom stereocenters. The normalized spacial score (nSPS) is 9.91. The molecule has 0 spiro atoms. The van der Waals surface area contributed by atoms with Crippen molar-refractivity contribution in [1.29, 1.82) is 5.26 Å². The smallest absolute Gasteiger partial charge is 0.332 e. The lowest BCUT2D eigenvalue weighted by molar-refractivity contribution is -0.140. The topological polar surface area (TPSA) is 123 Å². The van der Waals surface area contributed by atoms with E-state index in [1.165, 1.54) is 14.1 Å². The molecule has 0 aliphatic heterocycles. The van der Waals surface area contributed by atoms with E-state index in [4.69, 9.17) is 10.00 Å². The standard InChI is InChI=1S/C13H16N4O5/c1-4-22-9(19)7-15-11-10(8(18)5-6-14)12(20)17(3)13(21)16(11)2/h15H,4-5,7H2,1-3H3. The Morgan fingerprint density at radius 2 is 1.91 bits per heavy atom. The van der Waals surface area contributed by atoms with Crippen molar-refractivity contribution >= 4 is 17.6 Å². The van der Waals surface area contributed by atoms with E-state index >= 15 is 0 Å². The van der Waals surface area contributed by atoms with Crippen LogP contribution in [-0.2, 0) is 23.6 Å². The number of hydrogen-bond acceptors (Lipinski definition) is 7. The molecule has 0 atom stereocenters. The van der Waals surface area contributed by atoms with Gasteiger partial charge >= 0.3 is 11.7 Å². The van der Waals surface area contributed by atoms with E-state index in [1.54, 1.807) is 13.0 Å². The number of carbonyl (C=O) groups excluding carboxylic acids is 2. The average molecular weight is 308 g/mol. The second-order valence-electron chi connectivity index (χ2n) is 4.35. The first-order valence-corrected chi connectivity index (χ1v) is 6.44. The third-order valence-corrected chi connectivity index (χ3v) is 2.89. The molecule has 118 valence electrons. The first-order valence-electron chi connectivity index (χ1n) is 6.44. The SMILES string of the molecule is CCOC(=O)CNc1c(C(=O)CC#N)c(=O)n(C)c(=O)n1C. The molecule has 9 nitrogen and oxygen atoms in total. The van der Waals surface area contributed by atoms with Gasteiger partial charge in [0.2, 0.25) is 0 Å². The number of hydrogen-bond donors (Lipinski definition) is 1. The van der Waals surface area contributed by atoms with Crippen LogP contribution in [0, 0.1) is 11.3 Å². The van der Waals surface area contributed by atoms with Gasteiger partial charge in [-0.05, 0) is 6.92 Å². The number of anilines is 1. The zero-order valence-electron chi connectivity index (χ0n) is 12.5. The number of ketones is 1. The van der Waals surface area contributed by atoms with E-state index in [-0.39, 0.29) is 24.5 Å². The van der Waals surface area contributed by atoms with Crippen LogP contribution >= 0.6 is 0 Å². The largest absolute Gasteiger partial charge is 0.465 e. The summed E-state index contributed by atoms with van der Waals surface area (Å²) >= 11 is 0. The summed E-state index contributed by atoms with van der Waals surface area (Å²) < 4.78 is 6.52. The fraction of sp³-hybridized carbons (Fsp3) is 0.462. The highest BCUT2D eigenvalue weighted by atomic mass is 16.5. The summed E-state index contributed by atoms with van der Waals surface area (Å²) in [5, 5.41) is 11.2. The lowest BCUT2D eigenvalue weighted by Crippen LogP contribution is -2.42. The number of nitrogens with one attached hydrogen (secondary N) is 1. The molecular formula is C13H16N4O5. The van der Waals surface area contributed by atoms with Gasteiger partial charge in [0.1, 0.15) is 17.9 Å². The van der Waals surface area contributed by atoms with E-state index in [2.05, 4.69) is 5.32 Å². The van der Waals surface area contributed by atoms with Crippen LogP contribution in [0.1, 0.15) is 23.7 Å². The predicted octanol–water partition coefficient (Wildman–Crippen LogP) is -0.845. The summed E-state index contributed by atoms with van der Waals surface area (Å²) in [6.45, 7) is 1.49. The molecular weight excluding hydrogens is 292 g/mol. The number of rotatable bonds is 6. The number of esters is 1. The van der Waals surface area contributed by atoms with Crippen LogP contribution in [-0.4, -0.2) is 34.0 Å². The highest BCUT2D eigenvalue weighted by molar-refractivity contribution is 6.01. The van der Waals surface area contributed by atoms with Gasteiger partial charge in [0.05, 0.1) is 19.1 Å². The second-order valence-corrected chi connectivity index (χ2v) is 4.35. The molecule has 0 saturated carbocycles. The molecule has 1 rings (SSSR count). The number of ether oxygens (including phenoxy) is 1. The molecule has 0 saturated heterocycles. The fourth-order valence-electron chi connectivity index (χ4n) is 1.83. The molecule has 0 aliphatic carbocycles. The van der Waals surface area contributed by atoms with Crippen LogP contribution in [0.25, 0.3) is 0 Å². The highest BCUT2D eigenvalue weighted by Gasteiger charge is 2.22. The van der Waals surface area contributed by atoms with Gasteiger partial charge in [0.25, 0.3) is 5.56 Å². The molecule has 0 amide bonds. The summed E-state index contributed by atoms with van der Waals surface area (Å²) in [7, 11) is 2.57. The Labute approximate surface area is 125 Å². The number of nitrogens with zero attached hydrogens (tertiary/aromatic N) is 3. The Morgan fingerprint density at radius 1 is 1.27 bits per heavy atom. The molecule has 0 radical (unpaired) electrons. The van der Waals surface area contributed by atoms with E-state index in [0.717, 1.165) is 9.13 Å². The monoisotopic (exact) mass is 308 g/mol. The minimum atomic E-state index is -0.824. The molecule has 22 heavy (non-hydrogen) atoms. The molecule has 0 aliphatic rings. The number of carbonyl (C=O) groups is 2. The summed E-state index contributed by atoms with van der Waals surface area (Å²) in [5.74, 6) is -1.44. The number of aromatic nitrogens is 2.